The Morgan fingerprint density at radius 2 is 1.60 bits per heavy atom. The summed E-state index contributed by atoms with van der Waals surface area (Å²) in [5, 5.41) is 0. The van der Waals surface area contributed by atoms with Crippen LogP contribution in [0.15, 0.2) is 54.6 Å². The number of nitrogens with zero attached hydrogens (tertiary/aromatic N) is 1. The number of para-hydroxylation sites is 2. The number of piperidine rings is 1. The van der Waals surface area contributed by atoms with Crippen molar-refractivity contribution in [2.45, 2.75) is 25.2 Å². The summed E-state index contributed by atoms with van der Waals surface area (Å²) in [6.07, 6.45) is 0.494. The van der Waals surface area contributed by atoms with Gasteiger partial charge in [0, 0.05) is 25.6 Å². The van der Waals surface area contributed by atoms with Gasteiger partial charge in [-0.3, -0.25) is 9.59 Å². The highest BCUT2D eigenvalue weighted by atomic mass is 19.1. The van der Waals surface area contributed by atoms with E-state index in [9.17, 15) is 14.0 Å². The standard InChI is InChI=1S/C20H20FNO3/c1-15(23)22-13-11-20(12-14-22,19(21)24)17-9-5-6-10-18(17)25-16-7-3-2-4-8-16/h2-10H,11-14H2,1H3. The first kappa shape index (κ1) is 17.1. The van der Waals surface area contributed by atoms with Crippen molar-refractivity contribution in [3.05, 3.63) is 60.2 Å². The van der Waals surface area contributed by atoms with Gasteiger partial charge in [-0.05, 0) is 31.0 Å². The molecule has 5 heteroatoms. The molecule has 0 atom stereocenters. The highest BCUT2D eigenvalue weighted by molar-refractivity contribution is 5.84. The maximum atomic E-state index is 14.2. The molecule has 3 rings (SSSR count). The molecule has 2 aromatic rings. The fourth-order valence-corrected chi connectivity index (χ4v) is 3.34. The van der Waals surface area contributed by atoms with Gasteiger partial charge in [-0.15, -0.1) is 0 Å². The van der Waals surface area contributed by atoms with Crippen molar-refractivity contribution in [2.75, 3.05) is 13.1 Å². The molecule has 0 saturated carbocycles. The first-order valence-corrected chi connectivity index (χ1v) is 8.31. The third kappa shape index (κ3) is 3.40. The van der Waals surface area contributed by atoms with Gasteiger partial charge in [-0.25, -0.2) is 0 Å². The third-order valence-electron chi connectivity index (χ3n) is 4.81. The highest BCUT2D eigenvalue weighted by Crippen LogP contribution is 2.42. The second-order valence-corrected chi connectivity index (χ2v) is 6.27. The Hall–Kier alpha value is -2.69. The number of hydrogen-bond donors (Lipinski definition) is 0. The van der Waals surface area contributed by atoms with Crippen molar-refractivity contribution in [1.29, 1.82) is 0 Å². The van der Waals surface area contributed by atoms with Crippen molar-refractivity contribution in [3.8, 4) is 11.5 Å². The lowest BCUT2D eigenvalue weighted by atomic mass is 9.72. The van der Waals surface area contributed by atoms with E-state index >= 15 is 0 Å². The molecule has 1 aliphatic heterocycles. The minimum Gasteiger partial charge on any atom is -0.457 e. The van der Waals surface area contributed by atoms with Gasteiger partial charge in [0.2, 0.25) is 5.91 Å². The Morgan fingerprint density at radius 1 is 1.00 bits per heavy atom. The fourth-order valence-electron chi connectivity index (χ4n) is 3.34. The van der Waals surface area contributed by atoms with E-state index in [0.29, 0.717) is 30.2 Å². The van der Waals surface area contributed by atoms with Crippen molar-refractivity contribution >= 4 is 11.9 Å². The molecule has 1 aliphatic rings. The predicted molar refractivity (Wildman–Crippen MR) is 92.2 cm³/mol. The van der Waals surface area contributed by atoms with Crippen LogP contribution in [0.4, 0.5) is 4.39 Å². The van der Waals surface area contributed by atoms with Crippen LogP contribution < -0.4 is 4.74 Å². The lowest BCUT2D eigenvalue weighted by molar-refractivity contribution is -0.141. The first-order chi connectivity index (χ1) is 12.0. The maximum Gasteiger partial charge on any atom is 0.312 e. The van der Waals surface area contributed by atoms with Crippen LogP contribution in [0.2, 0.25) is 0 Å². The van der Waals surface area contributed by atoms with Crippen LogP contribution in [0.3, 0.4) is 0 Å². The average molecular weight is 341 g/mol. The first-order valence-electron chi connectivity index (χ1n) is 8.31. The van der Waals surface area contributed by atoms with Crippen molar-refractivity contribution in [3.63, 3.8) is 0 Å². The molecule has 0 spiro atoms. The summed E-state index contributed by atoms with van der Waals surface area (Å²) in [6, 6.07) is 14.8. The molecule has 4 nitrogen and oxygen atoms in total. The van der Waals surface area contributed by atoms with Gasteiger partial charge in [-0.2, -0.15) is 4.39 Å². The third-order valence-corrected chi connectivity index (χ3v) is 4.81. The van der Waals surface area contributed by atoms with E-state index in [2.05, 4.69) is 0 Å². The Kier molecular flexibility index (Phi) is 4.83. The molecule has 0 aromatic heterocycles. The molecule has 0 radical (unpaired) electrons. The molecule has 0 bridgehead atoms. The number of rotatable bonds is 4. The summed E-state index contributed by atoms with van der Waals surface area (Å²) in [5.41, 5.74) is -0.730. The van der Waals surface area contributed by atoms with Gasteiger partial charge in [0.25, 0.3) is 0 Å². The number of ether oxygens (including phenoxy) is 1. The van der Waals surface area contributed by atoms with E-state index in [4.69, 9.17) is 4.74 Å². The topological polar surface area (TPSA) is 46.6 Å². The van der Waals surface area contributed by atoms with E-state index in [1.807, 2.05) is 18.2 Å². The number of halogens is 1. The SMILES string of the molecule is CC(=O)N1CCC(C(=O)F)(c2ccccc2Oc2ccccc2)CC1. The van der Waals surface area contributed by atoms with Crippen LogP contribution in [0.1, 0.15) is 25.3 Å². The molecule has 1 heterocycles. The van der Waals surface area contributed by atoms with Crippen LogP contribution >= 0.6 is 0 Å². The summed E-state index contributed by atoms with van der Waals surface area (Å²) in [4.78, 5) is 25.2. The molecule has 2 aromatic carbocycles. The number of hydrogen-bond acceptors (Lipinski definition) is 3. The number of likely N-dealkylation sites (tertiary alicyclic amines) is 1. The second kappa shape index (κ2) is 7.05. The minimum absolute atomic E-state index is 0.0614. The number of carbonyl (C=O) groups is 2. The average Bonchev–Trinajstić information content (AvgIpc) is 2.63. The quantitative estimate of drug-likeness (QED) is 0.794. The minimum atomic E-state index is -1.38. The lowest BCUT2D eigenvalue weighted by Crippen LogP contribution is -2.47. The summed E-state index contributed by atoms with van der Waals surface area (Å²) >= 11 is 0. The Morgan fingerprint density at radius 3 is 2.20 bits per heavy atom. The molecule has 130 valence electrons. The van der Waals surface area contributed by atoms with Gasteiger partial charge >= 0.3 is 6.04 Å². The molecule has 1 amide bonds. The van der Waals surface area contributed by atoms with E-state index in [1.165, 1.54) is 6.92 Å². The van der Waals surface area contributed by atoms with Crippen LogP contribution in [0, 0.1) is 0 Å². The zero-order chi connectivity index (χ0) is 17.9. The van der Waals surface area contributed by atoms with Crippen molar-refractivity contribution < 1.29 is 18.7 Å². The molecular formula is C20H20FNO3. The molecule has 0 unspecified atom stereocenters. The summed E-state index contributed by atoms with van der Waals surface area (Å²) in [5.74, 6) is 1.03. The monoisotopic (exact) mass is 341 g/mol. The predicted octanol–water partition coefficient (Wildman–Crippen LogP) is 3.86. The van der Waals surface area contributed by atoms with Crippen molar-refractivity contribution in [2.24, 2.45) is 0 Å². The fraction of sp³-hybridized carbons (Fsp3) is 0.300. The molecular weight excluding hydrogens is 321 g/mol. The Balaban J connectivity index is 1.96. The summed E-state index contributed by atoms with van der Waals surface area (Å²) in [6.45, 7) is 2.19. The van der Waals surface area contributed by atoms with Crippen molar-refractivity contribution in [1.82, 2.24) is 4.90 Å². The Labute approximate surface area is 146 Å². The van der Waals surface area contributed by atoms with Crippen LogP contribution in [0.25, 0.3) is 0 Å². The summed E-state index contributed by atoms with van der Waals surface area (Å²) < 4.78 is 20.1. The summed E-state index contributed by atoms with van der Waals surface area (Å²) in [7, 11) is 0. The largest absolute Gasteiger partial charge is 0.457 e. The van der Waals surface area contributed by atoms with Gasteiger partial charge in [0.1, 0.15) is 11.5 Å². The number of amides is 1. The Bertz CT molecular complexity index is 768. The lowest BCUT2D eigenvalue weighted by Gasteiger charge is -2.39. The normalized spacial score (nSPS) is 16.3. The van der Waals surface area contributed by atoms with E-state index in [1.54, 1.807) is 41.3 Å². The van der Waals surface area contributed by atoms with Gasteiger partial charge in [-0.1, -0.05) is 36.4 Å². The molecule has 0 N–H and O–H groups in total. The van der Waals surface area contributed by atoms with Crippen LogP contribution in [-0.4, -0.2) is 29.9 Å². The molecule has 0 aliphatic carbocycles. The zero-order valence-electron chi connectivity index (χ0n) is 14.1. The molecule has 1 fully saturated rings. The highest BCUT2D eigenvalue weighted by Gasteiger charge is 2.45. The van der Waals surface area contributed by atoms with Crippen LogP contribution in [0.5, 0.6) is 11.5 Å². The van der Waals surface area contributed by atoms with E-state index < -0.39 is 11.5 Å². The number of benzene rings is 2. The maximum absolute atomic E-state index is 14.2. The van der Waals surface area contributed by atoms with Gasteiger partial charge in [0.15, 0.2) is 0 Å². The van der Waals surface area contributed by atoms with E-state index in [0.717, 1.165) is 0 Å². The molecule has 25 heavy (non-hydrogen) atoms. The molecule has 1 saturated heterocycles. The number of carbonyl (C=O) groups excluding carboxylic acids is 2. The van der Waals surface area contributed by atoms with E-state index in [-0.39, 0.29) is 18.7 Å². The van der Waals surface area contributed by atoms with Gasteiger partial charge < -0.3 is 9.64 Å². The van der Waals surface area contributed by atoms with Gasteiger partial charge in [0.05, 0.1) is 5.41 Å². The smallest absolute Gasteiger partial charge is 0.312 e. The zero-order valence-corrected chi connectivity index (χ0v) is 14.1. The van der Waals surface area contributed by atoms with Crippen LogP contribution in [-0.2, 0) is 15.0 Å². The second-order valence-electron chi connectivity index (χ2n) is 6.27.